The van der Waals surface area contributed by atoms with E-state index in [4.69, 9.17) is 4.98 Å². The summed E-state index contributed by atoms with van der Waals surface area (Å²) in [5.41, 5.74) is 2.45. The van der Waals surface area contributed by atoms with Crippen LogP contribution in [0.25, 0.3) is 21.3 Å². The first-order chi connectivity index (χ1) is 9.92. The van der Waals surface area contributed by atoms with E-state index in [0.717, 1.165) is 11.6 Å². The predicted octanol–water partition coefficient (Wildman–Crippen LogP) is 4.39. The van der Waals surface area contributed by atoms with E-state index in [1.54, 1.807) is 11.3 Å². The van der Waals surface area contributed by atoms with Gasteiger partial charge in [0.2, 0.25) is 0 Å². The molecule has 0 spiro atoms. The fourth-order valence-electron chi connectivity index (χ4n) is 2.92. The summed E-state index contributed by atoms with van der Waals surface area (Å²) in [6.07, 6.45) is 2.46. The van der Waals surface area contributed by atoms with Crippen LogP contribution in [-0.4, -0.2) is 11.5 Å². The van der Waals surface area contributed by atoms with Crippen molar-refractivity contribution in [1.82, 2.24) is 10.3 Å². The Labute approximate surface area is 122 Å². The largest absolute Gasteiger partial charge is 0.309 e. The lowest BCUT2D eigenvalue weighted by atomic mass is 10.1. The predicted molar refractivity (Wildman–Crippen MR) is 85.0 cm³/mol. The third kappa shape index (κ3) is 2.03. The maximum atomic E-state index is 4.87. The molecule has 2 heterocycles. The topological polar surface area (TPSA) is 24.9 Å². The van der Waals surface area contributed by atoms with Crippen LogP contribution < -0.4 is 5.32 Å². The number of nitrogens with one attached hydrogen (secondary N) is 1. The fourth-order valence-corrected chi connectivity index (χ4v) is 3.83. The number of aromatic nitrogens is 1. The summed E-state index contributed by atoms with van der Waals surface area (Å²) in [5, 5.41) is 9.42. The molecule has 1 aliphatic heterocycles. The Balaban J connectivity index is 1.79. The minimum absolute atomic E-state index is 0.454. The molecule has 1 fully saturated rings. The van der Waals surface area contributed by atoms with Gasteiger partial charge in [-0.2, -0.15) is 0 Å². The van der Waals surface area contributed by atoms with Gasteiger partial charge in [-0.1, -0.05) is 42.5 Å². The van der Waals surface area contributed by atoms with Crippen molar-refractivity contribution in [2.24, 2.45) is 0 Å². The monoisotopic (exact) mass is 280 g/mol. The Bertz CT molecular complexity index is 736. The van der Waals surface area contributed by atoms with E-state index >= 15 is 0 Å². The van der Waals surface area contributed by atoms with Gasteiger partial charge >= 0.3 is 0 Å². The summed E-state index contributed by atoms with van der Waals surface area (Å²) in [6.45, 7) is 1.12. The van der Waals surface area contributed by atoms with Crippen LogP contribution in [0.2, 0.25) is 0 Å². The van der Waals surface area contributed by atoms with Crippen LogP contribution in [0.4, 0.5) is 0 Å². The molecule has 1 atom stereocenters. The molecule has 0 unspecified atom stereocenters. The molecule has 3 aromatic rings. The van der Waals surface area contributed by atoms with Gasteiger partial charge in [0, 0.05) is 10.9 Å². The zero-order chi connectivity index (χ0) is 13.4. The SMILES string of the molecule is c1ccc2c(-c3nc([C@@H]4CCCN4)cs3)cccc2c1. The Morgan fingerprint density at radius 2 is 2.00 bits per heavy atom. The minimum atomic E-state index is 0.454. The summed E-state index contributed by atoms with van der Waals surface area (Å²) in [6, 6.07) is 15.4. The second kappa shape index (κ2) is 5.00. The van der Waals surface area contributed by atoms with Gasteiger partial charge in [0.1, 0.15) is 5.01 Å². The first kappa shape index (κ1) is 12.1. The van der Waals surface area contributed by atoms with Crippen LogP contribution in [0, 0.1) is 0 Å². The number of nitrogens with zero attached hydrogens (tertiary/aromatic N) is 1. The highest BCUT2D eigenvalue weighted by molar-refractivity contribution is 7.13. The van der Waals surface area contributed by atoms with E-state index in [9.17, 15) is 0 Å². The van der Waals surface area contributed by atoms with Gasteiger partial charge in [-0.15, -0.1) is 11.3 Å². The lowest BCUT2D eigenvalue weighted by Gasteiger charge is -2.06. The van der Waals surface area contributed by atoms with Gasteiger partial charge in [0.05, 0.1) is 11.7 Å². The van der Waals surface area contributed by atoms with E-state index < -0.39 is 0 Å². The standard InChI is InChI=1S/C17H16N2S/c1-2-7-13-12(5-1)6-3-8-14(13)17-19-16(11-20-17)15-9-4-10-18-15/h1-3,5-8,11,15,18H,4,9-10H2/t15-/m0/s1. The average molecular weight is 280 g/mol. The molecule has 0 saturated carbocycles. The molecule has 4 rings (SSSR count). The maximum absolute atomic E-state index is 4.87. The van der Waals surface area contributed by atoms with E-state index in [-0.39, 0.29) is 0 Å². The summed E-state index contributed by atoms with van der Waals surface area (Å²) in [7, 11) is 0. The highest BCUT2D eigenvalue weighted by Crippen LogP contribution is 2.33. The van der Waals surface area contributed by atoms with Crippen LogP contribution in [-0.2, 0) is 0 Å². The van der Waals surface area contributed by atoms with Crippen molar-refractivity contribution in [3.63, 3.8) is 0 Å². The molecule has 0 bridgehead atoms. The molecule has 1 saturated heterocycles. The average Bonchev–Trinajstić information content (AvgIpc) is 3.17. The Morgan fingerprint density at radius 3 is 2.90 bits per heavy atom. The molecule has 1 N–H and O–H groups in total. The van der Waals surface area contributed by atoms with Crippen LogP contribution in [0.5, 0.6) is 0 Å². The normalized spacial score (nSPS) is 18.7. The summed E-state index contributed by atoms with van der Waals surface area (Å²) >= 11 is 1.75. The zero-order valence-electron chi connectivity index (χ0n) is 11.2. The highest BCUT2D eigenvalue weighted by Gasteiger charge is 2.19. The van der Waals surface area contributed by atoms with Gasteiger partial charge < -0.3 is 5.32 Å². The van der Waals surface area contributed by atoms with Crippen molar-refractivity contribution in [3.8, 4) is 10.6 Å². The summed E-state index contributed by atoms with van der Waals surface area (Å²) < 4.78 is 0. The number of hydrogen-bond acceptors (Lipinski definition) is 3. The van der Waals surface area contributed by atoms with E-state index in [2.05, 4.69) is 53.2 Å². The number of rotatable bonds is 2. The van der Waals surface area contributed by atoms with Crippen molar-refractivity contribution in [2.75, 3.05) is 6.54 Å². The van der Waals surface area contributed by atoms with Crippen LogP contribution in [0.15, 0.2) is 47.8 Å². The second-order valence-electron chi connectivity index (χ2n) is 5.25. The van der Waals surface area contributed by atoms with Crippen LogP contribution >= 0.6 is 11.3 Å². The summed E-state index contributed by atoms with van der Waals surface area (Å²) in [5.74, 6) is 0. The van der Waals surface area contributed by atoms with Gasteiger partial charge in [-0.25, -0.2) is 4.98 Å². The molecule has 0 amide bonds. The maximum Gasteiger partial charge on any atom is 0.124 e. The Morgan fingerprint density at radius 1 is 1.10 bits per heavy atom. The van der Waals surface area contributed by atoms with Crippen molar-refractivity contribution >= 4 is 22.1 Å². The van der Waals surface area contributed by atoms with Gasteiger partial charge in [0.15, 0.2) is 0 Å². The van der Waals surface area contributed by atoms with Crippen molar-refractivity contribution in [3.05, 3.63) is 53.5 Å². The number of fused-ring (bicyclic) bond motifs is 1. The first-order valence-electron chi connectivity index (χ1n) is 7.09. The van der Waals surface area contributed by atoms with Crippen molar-refractivity contribution < 1.29 is 0 Å². The van der Waals surface area contributed by atoms with Gasteiger partial charge in [-0.3, -0.25) is 0 Å². The molecule has 100 valence electrons. The smallest absolute Gasteiger partial charge is 0.124 e. The summed E-state index contributed by atoms with van der Waals surface area (Å²) in [4.78, 5) is 4.87. The second-order valence-corrected chi connectivity index (χ2v) is 6.11. The van der Waals surface area contributed by atoms with E-state index in [1.165, 1.54) is 34.9 Å². The van der Waals surface area contributed by atoms with Crippen LogP contribution in [0.1, 0.15) is 24.6 Å². The minimum Gasteiger partial charge on any atom is -0.309 e. The van der Waals surface area contributed by atoms with E-state index in [0.29, 0.717) is 6.04 Å². The lowest BCUT2D eigenvalue weighted by molar-refractivity contribution is 0.632. The molecular weight excluding hydrogens is 264 g/mol. The Kier molecular flexibility index (Phi) is 3.02. The fraction of sp³-hybridized carbons (Fsp3) is 0.235. The third-order valence-electron chi connectivity index (χ3n) is 3.96. The quantitative estimate of drug-likeness (QED) is 0.753. The van der Waals surface area contributed by atoms with Gasteiger partial charge in [-0.05, 0) is 30.2 Å². The molecule has 1 aliphatic rings. The molecule has 20 heavy (non-hydrogen) atoms. The third-order valence-corrected chi connectivity index (χ3v) is 4.85. The van der Waals surface area contributed by atoms with E-state index in [1.807, 2.05) is 0 Å². The molecule has 0 aliphatic carbocycles. The van der Waals surface area contributed by atoms with Gasteiger partial charge in [0.25, 0.3) is 0 Å². The molecular formula is C17H16N2S. The molecule has 2 nitrogen and oxygen atoms in total. The van der Waals surface area contributed by atoms with Crippen molar-refractivity contribution in [1.29, 1.82) is 0 Å². The number of thiazole rings is 1. The highest BCUT2D eigenvalue weighted by atomic mass is 32.1. The first-order valence-corrected chi connectivity index (χ1v) is 7.97. The number of benzene rings is 2. The molecule has 2 aromatic carbocycles. The van der Waals surface area contributed by atoms with Crippen LogP contribution in [0.3, 0.4) is 0 Å². The lowest BCUT2D eigenvalue weighted by Crippen LogP contribution is -2.12. The van der Waals surface area contributed by atoms with Crippen molar-refractivity contribution in [2.45, 2.75) is 18.9 Å². The Hall–Kier alpha value is -1.71. The molecule has 1 aromatic heterocycles. The molecule has 3 heteroatoms. The zero-order valence-corrected chi connectivity index (χ0v) is 12.0. The molecule has 0 radical (unpaired) electrons. The number of hydrogen-bond donors (Lipinski definition) is 1.